The summed E-state index contributed by atoms with van der Waals surface area (Å²) in [5.41, 5.74) is 1.22. The van der Waals surface area contributed by atoms with Crippen LogP contribution in [0.2, 0.25) is 0 Å². The lowest BCUT2D eigenvalue weighted by Gasteiger charge is -2.10. The number of nitrogens with one attached hydrogen (secondary N) is 2. The van der Waals surface area contributed by atoms with Crippen LogP contribution >= 0.6 is 39.9 Å². The topological polar surface area (TPSA) is 36.4 Å². The molecule has 19 heavy (non-hydrogen) atoms. The predicted octanol–water partition coefficient (Wildman–Crippen LogP) is 3.53. The van der Waals surface area contributed by atoms with Crippen LogP contribution in [0.5, 0.6) is 0 Å². The molecule has 1 aromatic rings. The molecule has 0 unspecified atom stereocenters. The van der Waals surface area contributed by atoms with Crippen LogP contribution in [-0.4, -0.2) is 19.0 Å². The van der Waals surface area contributed by atoms with Gasteiger partial charge in [-0.2, -0.15) is 0 Å². The zero-order valence-corrected chi connectivity index (χ0v) is 15.1. The maximum Gasteiger partial charge on any atom is 0.191 e. The van der Waals surface area contributed by atoms with Crippen molar-refractivity contribution in [3.8, 4) is 0 Å². The molecule has 1 aromatic carbocycles. The Morgan fingerprint density at radius 1 is 1.37 bits per heavy atom. The predicted molar refractivity (Wildman–Crippen MR) is 95.1 cm³/mol. The van der Waals surface area contributed by atoms with E-state index in [1.807, 2.05) is 12.1 Å². The summed E-state index contributed by atoms with van der Waals surface area (Å²) < 4.78 is 1.10. The highest BCUT2D eigenvalue weighted by molar-refractivity contribution is 14.0. The summed E-state index contributed by atoms with van der Waals surface area (Å²) >= 11 is 3.48. The van der Waals surface area contributed by atoms with E-state index in [1.54, 1.807) is 0 Å². The molecule has 0 saturated heterocycles. The number of benzene rings is 1. The normalized spacial score (nSPS) is 14.7. The van der Waals surface area contributed by atoms with Gasteiger partial charge in [-0.15, -0.1) is 24.0 Å². The highest BCUT2D eigenvalue weighted by Crippen LogP contribution is 2.27. The highest BCUT2D eigenvalue weighted by atomic mass is 127. The molecule has 0 aromatic heterocycles. The number of guanidine groups is 1. The van der Waals surface area contributed by atoms with E-state index in [9.17, 15) is 0 Å². The third-order valence-corrected chi connectivity index (χ3v) is 3.40. The molecule has 0 radical (unpaired) electrons. The fraction of sp³-hybridized carbons (Fsp3) is 0.500. The van der Waals surface area contributed by atoms with Gasteiger partial charge in [0.15, 0.2) is 5.96 Å². The van der Waals surface area contributed by atoms with Crippen LogP contribution in [0.15, 0.2) is 33.7 Å². The number of halogens is 2. The lowest BCUT2D eigenvalue weighted by atomic mass is 10.2. The first kappa shape index (κ1) is 16.8. The van der Waals surface area contributed by atoms with Gasteiger partial charge in [0.25, 0.3) is 0 Å². The molecule has 1 aliphatic rings. The summed E-state index contributed by atoms with van der Waals surface area (Å²) in [7, 11) is 0. The van der Waals surface area contributed by atoms with E-state index < -0.39 is 0 Å². The van der Waals surface area contributed by atoms with Gasteiger partial charge in [0.05, 0.1) is 6.54 Å². The zero-order chi connectivity index (χ0) is 12.8. The fourth-order valence-electron chi connectivity index (χ4n) is 1.71. The second-order valence-electron chi connectivity index (χ2n) is 4.65. The molecule has 1 fully saturated rings. The molecule has 3 nitrogen and oxygen atoms in total. The molecule has 0 spiro atoms. The molecule has 2 N–H and O–H groups in total. The van der Waals surface area contributed by atoms with Gasteiger partial charge in [0.1, 0.15) is 0 Å². The van der Waals surface area contributed by atoms with E-state index in [0.29, 0.717) is 6.54 Å². The summed E-state index contributed by atoms with van der Waals surface area (Å²) in [6, 6.07) is 8.27. The minimum absolute atomic E-state index is 0. The quantitative estimate of drug-likeness (QED) is 0.420. The Morgan fingerprint density at radius 3 is 2.79 bits per heavy atom. The van der Waals surface area contributed by atoms with Crippen LogP contribution in [0.4, 0.5) is 0 Å². The molecule has 1 saturated carbocycles. The summed E-state index contributed by atoms with van der Waals surface area (Å²) in [6.45, 7) is 4.74. The lowest BCUT2D eigenvalue weighted by Crippen LogP contribution is -2.38. The van der Waals surface area contributed by atoms with E-state index in [0.717, 1.165) is 29.4 Å². The first-order valence-corrected chi connectivity index (χ1v) is 7.34. The average molecular weight is 438 g/mol. The van der Waals surface area contributed by atoms with Crippen molar-refractivity contribution in [3.63, 3.8) is 0 Å². The van der Waals surface area contributed by atoms with Gasteiger partial charge in [-0.1, -0.05) is 28.1 Å². The Bertz CT molecular complexity index is 419. The molecule has 0 aliphatic heterocycles. The van der Waals surface area contributed by atoms with Gasteiger partial charge in [-0.05, 0) is 43.4 Å². The smallest absolute Gasteiger partial charge is 0.191 e. The zero-order valence-electron chi connectivity index (χ0n) is 11.2. The molecule has 0 atom stereocenters. The number of hydrogen-bond acceptors (Lipinski definition) is 1. The van der Waals surface area contributed by atoms with Crippen LogP contribution in [0.25, 0.3) is 0 Å². The molecule has 1 aliphatic carbocycles. The van der Waals surface area contributed by atoms with Crippen molar-refractivity contribution in [2.24, 2.45) is 10.9 Å². The van der Waals surface area contributed by atoms with Crippen LogP contribution in [0, 0.1) is 5.92 Å². The number of rotatable bonds is 5. The van der Waals surface area contributed by atoms with Gasteiger partial charge < -0.3 is 10.6 Å². The number of aliphatic imine (C=N–C) groups is 1. The molecular weight excluding hydrogens is 417 g/mol. The summed E-state index contributed by atoms with van der Waals surface area (Å²) in [4.78, 5) is 4.60. The Labute approximate surface area is 140 Å². The second kappa shape index (κ2) is 8.79. The first-order chi connectivity index (χ1) is 8.78. The van der Waals surface area contributed by atoms with Crippen LogP contribution in [0.3, 0.4) is 0 Å². The van der Waals surface area contributed by atoms with E-state index in [4.69, 9.17) is 0 Å². The van der Waals surface area contributed by atoms with Gasteiger partial charge >= 0.3 is 0 Å². The molecular formula is C14H21BrIN3. The fourth-order valence-corrected chi connectivity index (χ4v) is 2.16. The minimum atomic E-state index is 0. The highest BCUT2D eigenvalue weighted by Gasteiger charge is 2.20. The van der Waals surface area contributed by atoms with Crippen molar-refractivity contribution in [1.29, 1.82) is 0 Å². The summed E-state index contributed by atoms with van der Waals surface area (Å²) in [6.07, 6.45) is 2.72. The van der Waals surface area contributed by atoms with Crippen molar-refractivity contribution in [2.75, 3.05) is 13.1 Å². The first-order valence-electron chi connectivity index (χ1n) is 6.54. The van der Waals surface area contributed by atoms with Crippen molar-refractivity contribution in [3.05, 3.63) is 34.3 Å². The van der Waals surface area contributed by atoms with Gasteiger partial charge in [0, 0.05) is 17.6 Å². The molecule has 0 heterocycles. The van der Waals surface area contributed by atoms with Crippen molar-refractivity contribution in [1.82, 2.24) is 10.6 Å². The Morgan fingerprint density at radius 2 is 2.16 bits per heavy atom. The second-order valence-corrected chi connectivity index (χ2v) is 5.57. The van der Waals surface area contributed by atoms with Crippen LogP contribution in [-0.2, 0) is 6.54 Å². The SMILES string of the molecule is CCNC(=NCc1cccc(Br)c1)NCC1CC1.I. The van der Waals surface area contributed by atoms with E-state index >= 15 is 0 Å². The maximum atomic E-state index is 4.60. The standard InChI is InChI=1S/C14H20BrN3.HI/c1-2-16-14(17-9-11-6-7-11)18-10-12-4-3-5-13(15)8-12;/h3-5,8,11H,2,6-7,9-10H2,1H3,(H2,16,17,18);1H. The van der Waals surface area contributed by atoms with Crippen molar-refractivity contribution >= 4 is 45.9 Å². The minimum Gasteiger partial charge on any atom is -0.357 e. The lowest BCUT2D eigenvalue weighted by molar-refractivity contribution is 0.739. The Balaban J connectivity index is 0.00000180. The van der Waals surface area contributed by atoms with Crippen LogP contribution in [0.1, 0.15) is 25.3 Å². The largest absolute Gasteiger partial charge is 0.357 e. The third kappa shape index (κ3) is 6.61. The Hall–Kier alpha value is -0.300. The van der Waals surface area contributed by atoms with Gasteiger partial charge in [0.2, 0.25) is 0 Å². The maximum absolute atomic E-state index is 4.60. The van der Waals surface area contributed by atoms with Crippen molar-refractivity contribution in [2.45, 2.75) is 26.3 Å². The number of hydrogen-bond donors (Lipinski definition) is 2. The van der Waals surface area contributed by atoms with Crippen LogP contribution < -0.4 is 10.6 Å². The molecule has 5 heteroatoms. The van der Waals surface area contributed by atoms with Gasteiger partial charge in [-0.3, -0.25) is 0 Å². The van der Waals surface area contributed by atoms with Crippen molar-refractivity contribution < 1.29 is 0 Å². The Kier molecular flexibility index (Phi) is 7.75. The molecule has 0 bridgehead atoms. The van der Waals surface area contributed by atoms with E-state index in [1.165, 1.54) is 18.4 Å². The summed E-state index contributed by atoms with van der Waals surface area (Å²) in [5.74, 6) is 1.78. The summed E-state index contributed by atoms with van der Waals surface area (Å²) in [5, 5.41) is 6.67. The van der Waals surface area contributed by atoms with E-state index in [2.05, 4.69) is 50.6 Å². The molecule has 106 valence electrons. The van der Waals surface area contributed by atoms with Gasteiger partial charge in [-0.25, -0.2) is 4.99 Å². The molecule has 2 rings (SSSR count). The molecule has 0 amide bonds. The van der Waals surface area contributed by atoms with E-state index in [-0.39, 0.29) is 24.0 Å². The third-order valence-electron chi connectivity index (χ3n) is 2.91. The average Bonchev–Trinajstić information content (AvgIpc) is 3.17. The monoisotopic (exact) mass is 437 g/mol. The number of nitrogens with zero attached hydrogens (tertiary/aromatic N) is 1.